The zero-order valence-electron chi connectivity index (χ0n) is 11.9. The molecule has 1 unspecified atom stereocenters. The molecule has 0 amide bonds. The Morgan fingerprint density at radius 1 is 1.33 bits per heavy atom. The van der Waals surface area contributed by atoms with Crippen LogP contribution < -0.4 is 10.6 Å². The lowest BCUT2D eigenvalue weighted by Crippen LogP contribution is -2.39. The Morgan fingerprint density at radius 2 is 2.06 bits per heavy atom. The van der Waals surface area contributed by atoms with Gasteiger partial charge in [-0.15, -0.1) is 0 Å². The van der Waals surface area contributed by atoms with Crippen LogP contribution in [0.1, 0.15) is 45.6 Å². The van der Waals surface area contributed by atoms with Gasteiger partial charge in [-0.1, -0.05) is 18.2 Å². The Kier molecular flexibility index (Phi) is 3.96. The maximum atomic E-state index is 6.06. The molecule has 1 heterocycles. The van der Waals surface area contributed by atoms with Crippen molar-refractivity contribution in [2.75, 3.05) is 11.4 Å². The van der Waals surface area contributed by atoms with E-state index in [9.17, 15) is 0 Å². The summed E-state index contributed by atoms with van der Waals surface area (Å²) in [7, 11) is 0. The fourth-order valence-electron chi connectivity index (χ4n) is 2.81. The maximum absolute atomic E-state index is 6.06. The molecule has 0 spiro atoms. The zero-order chi connectivity index (χ0) is 13.2. The van der Waals surface area contributed by atoms with Gasteiger partial charge in [0.2, 0.25) is 0 Å². The number of fused-ring (bicyclic) bond motifs is 1. The van der Waals surface area contributed by atoms with Gasteiger partial charge in [0, 0.05) is 23.8 Å². The van der Waals surface area contributed by atoms with E-state index in [-0.39, 0.29) is 5.54 Å². The second-order valence-electron chi connectivity index (χ2n) is 6.30. The van der Waals surface area contributed by atoms with Crippen molar-refractivity contribution in [1.82, 2.24) is 0 Å². The van der Waals surface area contributed by atoms with Gasteiger partial charge in [0.1, 0.15) is 0 Å². The Hall–Kier alpha value is -1.02. The average molecular weight is 246 g/mol. The van der Waals surface area contributed by atoms with E-state index in [2.05, 4.69) is 49.9 Å². The topological polar surface area (TPSA) is 29.3 Å². The third-order valence-corrected chi connectivity index (χ3v) is 3.88. The lowest BCUT2D eigenvalue weighted by atomic mass is 9.95. The molecule has 0 saturated carbocycles. The highest BCUT2D eigenvalue weighted by Gasteiger charge is 2.22. The van der Waals surface area contributed by atoms with E-state index in [1.54, 1.807) is 0 Å². The Labute approximate surface area is 111 Å². The highest BCUT2D eigenvalue weighted by Crippen LogP contribution is 2.30. The minimum Gasteiger partial charge on any atom is -0.369 e. The number of benzene rings is 1. The molecule has 2 N–H and O–H groups in total. The van der Waals surface area contributed by atoms with Crippen molar-refractivity contribution in [2.45, 2.75) is 58.0 Å². The average Bonchev–Trinajstić information content (AvgIpc) is 2.31. The lowest BCUT2D eigenvalue weighted by Gasteiger charge is -2.37. The van der Waals surface area contributed by atoms with E-state index in [4.69, 9.17) is 5.73 Å². The zero-order valence-corrected chi connectivity index (χ0v) is 11.9. The first-order chi connectivity index (χ1) is 8.47. The number of nitrogens with two attached hydrogens (primary N) is 1. The molecular formula is C16H26N2. The highest BCUT2D eigenvalue weighted by atomic mass is 15.2. The van der Waals surface area contributed by atoms with E-state index in [1.807, 2.05) is 0 Å². The molecule has 0 saturated heterocycles. The largest absolute Gasteiger partial charge is 0.369 e. The summed E-state index contributed by atoms with van der Waals surface area (Å²) in [6, 6.07) is 9.48. The number of anilines is 1. The Morgan fingerprint density at radius 3 is 2.78 bits per heavy atom. The number of rotatable bonds is 4. The van der Waals surface area contributed by atoms with Crippen molar-refractivity contribution in [3.63, 3.8) is 0 Å². The summed E-state index contributed by atoms with van der Waals surface area (Å²) in [5.41, 5.74) is 8.96. The van der Waals surface area contributed by atoms with Crippen molar-refractivity contribution in [3.8, 4) is 0 Å². The van der Waals surface area contributed by atoms with E-state index in [1.165, 1.54) is 30.5 Å². The summed E-state index contributed by atoms with van der Waals surface area (Å²) in [5, 5.41) is 0. The number of para-hydroxylation sites is 1. The summed E-state index contributed by atoms with van der Waals surface area (Å²) in [6.45, 7) is 7.68. The standard InChI is InChI=1S/C16H26N2/c1-13-9-10-14-7-4-5-8-15(14)18(13)12-6-11-16(2,3)17/h4-5,7-8,13H,6,9-12,17H2,1-3H3. The smallest absolute Gasteiger partial charge is 0.0401 e. The van der Waals surface area contributed by atoms with E-state index in [0.29, 0.717) is 6.04 Å². The molecule has 18 heavy (non-hydrogen) atoms. The molecule has 0 fully saturated rings. The molecule has 2 nitrogen and oxygen atoms in total. The van der Waals surface area contributed by atoms with E-state index < -0.39 is 0 Å². The summed E-state index contributed by atoms with van der Waals surface area (Å²) in [5.74, 6) is 0. The van der Waals surface area contributed by atoms with Crippen molar-refractivity contribution < 1.29 is 0 Å². The van der Waals surface area contributed by atoms with Gasteiger partial charge in [0.15, 0.2) is 0 Å². The van der Waals surface area contributed by atoms with Crippen molar-refractivity contribution in [1.29, 1.82) is 0 Å². The van der Waals surface area contributed by atoms with Gasteiger partial charge >= 0.3 is 0 Å². The molecule has 1 aliphatic heterocycles. The molecule has 0 aliphatic carbocycles. The number of nitrogens with zero attached hydrogens (tertiary/aromatic N) is 1. The van der Waals surface area contributed by atoms with Gasteiger partial charge < -0.3 is 10.6 Å². The first-order valence-corrected chi connectivity index (χ1v) is 7.11. The molecule has 100 valence electrons. The minimum absolute atomic E-state index is 0.0431. The van der Waals surface area contributed by atoms with Gasteiger partial charge in [0.05, 0.1) is 0 Å². The van der Waals surface area contributed by atoms with Crippen LogP contribution in [0.5, 0.6) is 0 Å². The SMILES string of the molecule is CC1CCc2ccccc2N1CCCC(C)(C)N. The van der Waals surface area contributed by atoms with E-state index >= 15 is 0 Å². The van der Waals surface area contributed by atoms with Crippen LogP contribution in [0.4, 0.5) is 5.69 Å². The van der Waals surface area contributed by atoms with Gasteiger partial charge in [-0.2, -0.15) is 0 Å². The highest BCUT2D eigenvalue weighted by molar-refractivity contribution is 5.56. The summed E-state index contributed by atoms with van der Waals surface area (Å²) < 4.78 is 0. The molecule has 2 heteroatoms. The van der Waals surface area contributed by atoms with Crippen LogP contribution in [0.2, 0.25) is 0 Å². The van der Waals surface area contributed by atoms with Gasteiger partial charge in [0.25, 0.3) is 0 Å². The molecule has 1 aromatic carbocycles. The number of aryl methyl sites for hydroxylation is 1. The first kappa shape index (κ1) is 13.4. The van der Waals surface area contributed by atoms with Crippen LogP contribution in [-0.2, 0) is 6.42 Å². The molecule has 1 aliphatic rings. The van der Waals surface area contributed by atoms with Crippen LogP contribution in [0.15, 0.2) is 24.3 Å². The molecule has 2 rings (SSSR count). The van der Waals surface area contributed by atoms with Crippen LogP contribution in [0.3, 0.4) is 0 Å². The van der Waals surface area contributed by atoms with Gasteiger partial charge in [-0.05, 0) is 58.1 Å². The van der Waals surface area contributed by atoms with Crippen LogP contribution in [-0.4, -0.2) is 18.1 Å². The van der Waals surface area contributed by atoms with Crippen molar-refractivity contribution >= 4 is 5.69 Å². The van der Waals surface area contributed by atoms with Gasteiger partial charge in [-0.3, -0.25) is 0 Å². The predicted octanol–water partition coefficient (Wildman–Crippen LogP) is 3.35. The normalized spacial score (nSPS) is 19.8. The van der Waals surface area contributed by atoms with Crippen molar-refractivity contribution in [2.24, 2.45) is 5.73 Å². The molecule has 0 radical (unpaired) electrons. The van der Waals surface area contributed by atoms with Gasteiger partial charge in [-0.25, -0.2) is 0 Å². The second-order valence-corrected chi connectivity index (χ2v) is 6.30. The molecule has 0 bridgehead atoms. The Balaban J connectivity index is 2.03. The summed E-state index contributed by atoms with van der Waals surface area (Å²) >= 11 is 0. The quantitative estimate of drug-likeness (QED) is 0.883. The number of hydrogen-bond donors (Lipinski definition) is 1. The first-order valence-electron chi connectivity index (χ1n) is 7.11. The third kappa shape index (κ3) is 3.26. The monoisotopic (exact) mass is 246 g/mol. The summed E-state index contributed by atoms with van der Waals surface area (Å²) in [6.07, 6.45) is 4.74. The van der Waals surface area contributed by atoms with Crippen LogP contribution >= 0.6 is 0 Å². The molecular weight excluding hydrogens is 220 g/mol. The van der Waals surface area contributed by atoms with E-state index in [0.717, 1.165) is 13.0 Å². The van der Waals surface area contributed by atoms with Crippen molar-refractivity contribution in [3.05, 3.63) is 29.8 Å². The molecule has 0 aromatic heterocycles. The fraction of sp³-hybridized carbons (Fsp3) is 0.625. The predicted molar refractivity (Wildman–Crippen MR) is 79.1 cm³/mol. The summed E-state index contributed by atoms with van der Waals surface area (Å²) in [4.78, 5) is 2.56. The molecule has 1 aromatic rings. The number of hydrogen-bond acceptors (Lipinski definition) is 2. The van der Waals surface area contributed by atoms with Crippen LogP contribution in [0, 0.1) is 0 Å². The fourth-order valence-corrected chi connectivity index (χ4v) is 2.81. The second kappa shape index (κ2) is 5.31. The minimum atomic E-state index is -0.0431. The third-order valence-electron chi connectivity index (χ3n) is 3.88. The lowest BCUT2D eigenvalue weighted by molar-refractivity contribution is 0.446. The Bertz CT molecular complexity index is 392. The van der Waals surface area contributed by atoms with Crippen LogP contribution in [0.25, 0.3) is 0 Å². The molecule has 1 atom stereocenters. The maximum Gasteiger partial charge on any atom is 0.0401 e.